The van der Waals surface area contributed by atoms with Gasteiger partial charge < -0.3 is 4.90 Å². The average molecular weight is 278 g/mol. The topological polar surface area (TPSA) is 53.6 Å². The molecule has 0 unspecified atom stereocenters. The molecule has 0 bridgehead atoms. The summed E-state index contributed by atoms with van der Waals surface area (Å²) < 4.78 is 37.8. The number of nitrogens with one attached hydrogen (secondary N) is 1. The Morgan fingerprint density at radius 2 is 1.79 bits per heavy atom. The van der Waals surface area contributed by atoms with Crippen molar-refractivity contribution in [3.05, 3.63) is 0 Å². The molecule has 2 aliphatic carbocycles. The molecule has 2 saturated carbocycles. The number of rotatable bonds is 3. The quantitative estimate of drug-likeness (QED) is 0.360. The number of guanidine groups is 1. The number of hydrazine groups is 1. The zero-order chi connectivity index (χ0) is 13.9. The molecule has 0 spiro atoms. The van der Waals surface area contributed by atoms with Gasteiger partial charge in [-0.15, -0.1) is 0 Å². The van der Waals surface area contributed by atoms with Gasteiger partial charge in [-0.05, 0) is 25.7 Å². The number of nitrogens with two attached hydrogens (primary N) is 1. The van der Waals surface area contributed by atoms with Crippen LogP contribution in [0.15, 0.2) is 4.99 Å². The van der Waals surface area contributed by atoms with Crippen molar-refractivity contribution < 1.29 is 13.2 Å². The summed E-state index contributed by atoms with van der Waals surface area (Å²) in [5.41, 5.74) is 2.37. The number of halogens is 3. The number of nitrogens with zero attached hydrogens (tertiary/aromatic N) is 2. The molecule has 7 heteroatoms. The Bertz CT molecular complexity index is 319. The van der Waals surface area contributed by atoms with E-state index in [9.17, 15) is 13.2 Å². The Morgan fingerprint density at radius 3 is 2.26 bits per heavy atom. The summed E-state index contributed by atoms with van der Waals surface area (Å²) >= 11 is 0. The van der Waals surface area contributed by atoms with Crippen LogP contribution in [0, 0.1) is 0 Å². The van der Waals surface area contributed by atoms with Gasteiger partial charge >= 0.3 is 6.18 Å². The maximum Gasteiger partial charge on any atom is 0.406 e. The van der Waals surface area contributed by atoms with E-state index in [1.807, 2.05) is 0 Å². The van der Waals surface area contributed by atoms with Crippen LogP contribution in [0.5, 0.6) is 0 Å². The summed E-state index contributed by atoms with van der Waals surface area (Å²) in [7, 11) is 0. The van der Waals surface area contributed by atoms with Crippen molar-refractivity contribution >= 4 is 5.96 Å². The molecule has 0 aromatic heterocycles. The minimum atomic E-state index is -4.23. The zero-order valence-electron chi connectivity index (χ0n) is 10.9. The Balaban J connectivity index is 2.05. The lowest BCUT2D eigenvalue weighted by molar-refractivity contribution is -0.139. The second kappa shape index (κ2) is 5.98. The fourth-order valence-electron chi connectivity index (χ4n) is 2.53. The molecule has 0 atom stereocenters. The summed E-state index contributed by atoms with van der Waals surface area (Å²) in [6.07, 6.45) is 2.58. The first-order valence-corrected chi connectivity index (χ1v) is 6.87. The van der Waals surface area contributed by atoms with Crippen molar-refractivity contribution in [2.45, 2.75) is 63.2 Å². The molecule has 0 aromatic rings. The number of alkyl halides is 3. The largest absolute Gasteiger partial charge is 0.406 e. The van der Waals surface area contributed by atoms with E-state index in [0.29, 0.717) is 0 Å². The average Bonchev–Trinajstić information content (AvgIpc) is 3.18. The molecule has 110 valence electrons. The normalized spacial score (nSPS) is 22.4. The van der Waals surface area contributed by atoms with Crippen LogP contribution in [-0.2, 0) is 0 Å². The summed E-state index contributed by atoms with van der Waals surface area (Å²) in [5.74, 6) is 5.59. The van der Waals surface area contributed by atoms with Gasteiger partial charge in [-0.1, -0.05) is 19.3 Å². The van der Waals surface area contributed by atoms with Gasteiger partial charge in [0.05, 0.1) is 6.04 Å². The van der Waals surface area contributed by atoms with Crippen LogP contribution in [0.3, 0.4) is 0 Å². The van der Waals surface area contributed by atoms with E-state index in [2.05, 4.69) is 10.4 Å². The van der Waals surface area contributed by atoms with Crippen molar-refractivity contribution in [1.29, 1.82) is 0 Å². The molecule has 0 aromatic carbocycles. The highest BCUT2D eigenvalue weighted by molar-refractivity contribution is 5.80. The van der Waals surface area contributed by atoms with Gasteiger partial charge in [0.2, 0.25) is 5.96 Å². The SMILES string of the molecule is NNC(=NC1CCCCC1)N(CC(F)(F)F)C1CC1. The van der Waals surface area contributed by atoms with Crippen LogP contribution in [0.1, 0.15) is 44.9 Å². The van der Waals surface area contributed by atoms with E-state index in [1.165, 1.54) is 11.3 Å². The molecule has 0 radical (unpaired) electrons. The van der Waals surface area contributed by atoms with Crippen molar-refractivity contribution in [3.8, 4) is 0 Å². The monoisotopic (exact) mass is 278 g/mol. The van der Waals surface area contributed by atoms with E-state index in [-0.39, 0.29) is 18.0 Å². The van der Waals surface area contributed by atoms with Gasteiger partial charge in [0.25, 0.3) is 0 Å². The summed E-state index contributed by atoms with van der Waals surface area (Å²) in [6.45, 7) is -0.979. The fraction of sp³-hybridized carbons (Fsp3) is 0.917. The maximum atomic E-state index is 12.6. The molecular formula is C12H21F3N4. The molecule has 0 heterocycles. The standard InChI is InChI=1S/C12H21F3N4/c13-12(14,15)8-19(10-6-7-10)11(18-16)17-9-4-2-1-3-5-9/h9-10H,1-8,16H2,(H,17,18). The highest BCUT2D eigenvalue weighted by Gasteiger charge is 2.39. The van der Waals surface area contributed by atoms with Crippen molar-refractivity contribution in [2.24, 2.45) is 10.8 Å². The minimum Gasteiger partial charge on any atom is -0.330 e. The van der Waals surface area contributed by atoms with Gasteiger partial charge in [0.15, 0.2) is 0 Å². The lowest BCUT2D eigenvalue weighted by Crippen LogP contribution is -2.50. The zero-order valence-corrected chi connectivity index (χ0v) is 10.9. The number of hydrogen-bond acceptors (Lipinski definition) is 2. The number of aliphatic imine (C=N–C) groups is 1. The molecule has 19 heavy (non-hydrogen) atoms. The number of hydrogen-bond donors (Lipinski definition) is 2. The maximum absolute atomic E-state index is 12.6. The lowest BCUT2D eigenvalue weighted by Gasteiger charge is -2.28. The van der Waals surface area contributed by atoms with Gasteiger partial charge in [0.1, 0.15) is 6.54 Å². The Morgan fingerprint density at radius 1 is 1.16 bits per heavy atom. The molecule has 4 nitrogen and oxygen atoms in total. The molecule has 0 amide bonds. The third-order valence-electron chi connectivity index (χ3n) is 3.62. The lowest BCUT2D eigenvalue weighted by atomic mass is 9.96. The highest BCUT2D eigenvalue weighted by atomic mass is 19.4. The molecule has 0 aliphatic heterocycles. The predicted molar refractivity (Wildman–Crippen MR) is 67.4 cm³/mol. The molecular weight excluding hydrogens is 257 g/mol. The fourth-order valence-corrected chi connectivity index (χ4v) is 2.53. The Labute approximate surface area is 111 Å². The van der Waals surface area contributed by atoms with Crippen LogP contribution in [0.25, 0.3) is 0 Å². The van der Waals surface area contributed by atoms with Crippen LogP contribution in [0.2, 0.25) is 0 Å². The van der Waals surface area contributed by atoms with Crippen molar-refractivity contribution in [2.75, 3.05) is 6.54 Å². The third kappa shape index (κ3) is 4.56. The predicted octanol–water partition coefficient (Wildman–Crippen LogP) is 2.17. The second-order valence-corrected chi connectivity index (χ2v) is 5.36. The first-order valence-electron chi connectivity index (χ1n) is 6.87. The first-order chi connectivity index (χ1) is 8.99. The van der Waals surface area contributed by atoms with Gasteiger partial charge in [0, 0.05) is 6.04 Å². The molecule has 0 saturated heterocycles. The Hall–Kier alpha value is -0.980. The summed E-state index contributed by atoms with van der Waals surface area (Å²) in [4.78, 5) is 5.68. The van der Waals surface area contributed by atoms with Crippen LogP contribution in [0.4, 0.5) is 13.2 Å². The minimum absolute atomic E-state index is 0.0694. The second-order valence-electron chi connectivity index (χ2n) is 5.36. The highest BCUT2D eigenvalue weighted by Crippen LogP contribution is 2.30. The third-order valence-corrected chi connectivity index (χ3v) is 3.62. The van der Waals surface area contributed by atoms with Gasteiger partial charge in [-0.2, -0.15) is 13.2 Å². The van der Waals surface area contributed by atoms with Crippen LogP contribution in [-0.4, -0.2) is 35.7 Å². The summed E-state index contributed by atoms with van der Waals surface area (Å²) in [6, 6.07) is 0.0364. The molecule has 2 fully saturated rings. The molecule has 2 aliphatic rings. The van der Waals surface area contributed by atoms with E-state index in [4.69, 9.17) is 5.84 Å². The van der Waals surface area contributed by atoms with Crippen molar-refractivity contribution in [3.63, 3.8) is 0 Å². The van der Waals surface area contributed by atoms with Crippen LogP contribution >= 0.6 is 0 Å². The van der Waals surface area contributed by atoms with E-state index in [1.54, 1.807) is 0 Å². The van der Waals surface area contributed by atoms with E-state index >= 15 is 0 Å². The van der Waals surface area contributed by atoms with Gasteiger partial charge in [-0.25, -0.2) is 10.8 Å². The van der Waals surface area contributed by atoms with E-state index in [0.717, 1.165) is 38.5 Å². The smallest absolute Gasteiger partial charge is 0.330 e. The molecule has 3 N–H and O–H groups in total. The van der Waals surface area contributed by atoms with Gasteiger partial charge in [-0.3, -0.25) is 5.43 Å². The summed E-state index contributed by atoms with van der Waals surface area (Å²) in [5, 5.41) is 0. The van der Waals surface area contributed by atoms with Crippen molar-refractivity contribution in [1.82, 2.24) is 10.3 Å². The first kappa shape index (κ1) is 14.4. The van der Waals surface area contributed by atoms with Crippen LogP contribution < -0.4 is 11.3 Å². The Kier molecular flexibility index (Phi) is 4.54. The van der Waals surface area contributed by atoms with E-state index < -0.39 is 12.7 Å². The molecule has 2 rings (SSSR count).